The van der Waals surface area contributed by atoms with Crippen LogP contribution >= 0.6 is 0 Å². The molecule has 0 amide bonds. The third-order valence-corrected chi connectivity index (χ3v) is 2.37. The fraction of sp³-hybridized carbons (Fsp3) is 0.462. The smallest absolute Gasteiger partial charge is 0.150 e. The summed E-state index contributed by atoms with van der Waals surface area (Å²) in [6, 6.07) is 6.13. The Bertz CT molecular complexity index is 313. The lowest BCUT2D eigenvalue weighted by molar-refractivity contribution is 0.112. The van der Waals surface area contributed by atoms with E-state index in [1.54, 1.807) is 0 Å². The molecule has 0 atom stereocenters. The second kappa shape index (κ2) is 4.94. The zero-order valence-electron chi connectivity index (χ0n) is 9.21. The van der Waals surface area contributed by atoms with Crippen LogP contribution < -0.4 is 0 Å². The molecule has 0 N–H and O–H groups in total. The third-order valence-electron chi connectivity index (χ3n) is 2.37. The van der Waals surface area contributed by atoms with Crippen molar-refractivity contribution < 1.29 is 4.79 Å². The average molecular weight is 190 g/mol. The van der Waals surface area contributed by atoms with Crippen LogP contribution in [-0.2, 0) is 12.8 Å². The maximum atomic E-state index is 10.8. The van der Waals surface area contributed by atoms with Crippen LogP contribution in [0.5, 0.6) is 0 Å². The van der Waals surface area contributed by atoms with Crippen LogP contribution in [0.1, 0.15) is 42.3 Å². The van der Waals surface area contributed by atoms with Crippen molar-refractivity contribution >= 4 is 6.29 Å². The lowest BCUT2D eigenvalue weighted by Gasteiger charge is -2.09. The summed E-state index contributed by atoms with van der Waals surface area (Å²) in [6.07, 6.45) is 2.98. The summed E-state index contributed by atoms with van der Waals surface area (Å²) in [5, 5.41) is 0. The zero-order chi connectivity index (χ0) is 10.6. The molecule has 76 valence electrons. The standard InChI is InChI=1S/C13H18O/c1-4-11-5-6-12(9-14)13(8-11)7-10(2)3/h5-6,8-10H,4,7H2,1-3H3. The van der Waals surface area contributed by atoms with Gasteiger partial charge < -0.3 is 0 Å². The Labute approximate surface area is 86.1 Å². The Morgan fingerprint density at radius 2 is 2.07 bits per heavy atom. The fourth-order valence-corrected chi connectivity index (χ4v) is 1.61. The molecular formula is C13H18O. The molecule has 0 fully saturated rings. The van der Waals surface area contributed by atoms with Crippen molar-refractivity contribution in [1.82, 2.24) is 0 Å². The molecule has 1 rings (SSSR count). The highest BCUT2D eigenvalue weighted by Gasteiger charge is 2.04. The summed E-state index contributed by atoms with van der Waals surface area (Å²) < 4.78 is 0. The number of rotatable bonds is 4. The van der Waals surface area contributed by atoms with E-state index in [1.807, 2.05) is 12.1 Å². The minimum Gasteiger partial charge on any atom is -0.298 e. The number of aldehydes is 1. The van der Waals surface area contributed by atoms with Gasteiger partial charge in [-0.1, -0.05) is 39.0 Å². The van der Waals surface area contributed by atoms with Crippen molar-refractivity contribution in [2.75, 3.05) is 0 Å². The van der Waals surface area contributed by atoms with Gasteiger partial charge in [0, 0.05) is 5.56 Å². The Kier molecular flexibility index (Phi) is 3.87. The molecule has 1 aromatic rings. The molecular weight excluding hydrogens is 172 g/mol. The van der Waals surface area contributed by atoms with Crippen LogP contribution in [-0.4, -0.2) is 6.29 Å². The minimum absolute atomic E-state index is 0.598. The van der Waals surface area contributed by atoms with Gasteiger partial charge >= 0.3 is 0 Å². The van der Waals surface area contributed by atoms with Gasteiger partial charge in [0.1, 0.15) is 6.29 Å². The zero-order valence-corrected chi connectivity index (χ0v) is 9.21. The summed E-state index contributed by atoms with van der Waals surface area (Å²) in [5.74, 6) is 0.598. The number of carbonyl (C=O) groups excluding carboxylic acids is 1. The average Bonchev–Trinajstić information content (AvgIpc) is 2.16. The molecule has 0 spiro atoms. The van der Waals surface area contributed by atoms with Crippen molar-refractivity contribution in [3.63, 3.8) is 0 Å². The summed E-state index contributed by atoms with van der Waals surface area (Å²) >= 11 is 0. The van der Waals surface area contributed by atoms with Gasteiger partial charge in [0.15, 0.2) is 0 Å². The molecule has 0 bridgehead atoms. The van der Waals surface area contributed by atoms with Gasteiger partial charge in [-0.05, 0) is 29.9 Å². The predicted molar refractivity (Wildman–Crippen MR) is 59.7 cm³/mol. The van der Waals surface area contributed by atoms with Gasteiger partial charge in [-0.3, -0.25) is 4.79 Å². The van der Waals surface area contributed by atoms with E-state index >= 15 is 0 Å². The normalized spacial score (nSPS) is 10.6. The molecule has 0 unspecified atom stereocenters. The first-order valence-electron chi connectivity index (χ1n) is 5.24. The molecule has 0 heterocycles. The maximum absolute atomic E-state index is 10.8. The van der Waals surface area contributed by atoms with E-state index in [0.717, 1.165) is 24.7 Å². The van der Waals surface area contributed by atoms with Crippen molar-refractivity contribution in [3.05, 3.63) is 34.9 Å². The summed E-state index contributed by atoms with van der Waals surface area (Å²) in [4.78, 5) is 10.8. The predicted octanol–water partition coefficient (Wildman–Crippen LogP) is 3.26. The highest BCUT2D eigenvalue weighted by atomic mass is 16.1. The molecule has 0 aliphatic rings. The number of hydrogen-bond donors (Lipinski definition) is 0. The largest absolute Gasteiger partial charge is 0.298 e. The van der Waals surface area contributed by atoms with E-state index in [-0.39, 0.29) is 0 Å². The lowest BCUT2D eigenvalue weighted by Crippen LogP contribution is -2.00. The second-order valence-electron chi connectivity index (χ2n) is 4.10. The SMILES string of the molecule is CCc1ccc(C=O)c(CC(C)C)c1. The summed E-state index contributed by atoms with van der Waals surface area (Å²) in [7, 11) is 0. The molecule has 1 nitrogen and oxygen atoms in total. The maximum Gasteiger partial charge on any atom is 0.150 e. The van der Waals surface area contributed by atoms with E-state index in [4.69, 9.17) is 0 Å². The van der Waals surface area contributed by atoms with Gasteiger partial charge in [0.25, 0.3) is 0 Å². The Morgan fingerprint density at radius 3 is 2.57 bits per heavy atom. The highest BCUT2D eigenvalue weighted by Crippen LogP contribution is 2.15. The number of carbonyl (C=O) groups is 1. The van der Waals surface area contributed by atoms with Crippen LogP contribution in [0.4, 0.5) is 0 Å². The molecule has 0 aromatic heterocycles. The van der Waals surface area contributed by atoms with Gasteiger partial charge in [-0.25, -0.2) is 0 Å². The van der Waals surface area contributed by atoms with Crippen molar-refractivity contribution in [1.29, 1.82) is 0 Å². The van der Waals surface area contributed by atoms with Gasteiger partial charge in [-0.2, -0.15) is 0 Å². The molecule has 0 aliphatic heterocycles. The molecule has 14 heavy (non-hydrogen) atoms. The molecule has 0 radical (unpaired) electrons. The second-order valence-corrected chi connectivity index (χ2v) is 4.10. The van der Waals surface area contributed by atoms with Crippen LogP contribution in [0.2, 0.25) is 0 Å². The molecule has 0 saturated heterocycles. The van der Waals surface area contributed by atoms with Crippen LogP contribution in [0.15, 0.2) is 18.2 Å². The van der Waals surface area contributed by atoms with E-state index in [2.05, 4.69) is 26.8 Å². The molecule has 0 saturated carbocycles. The van der Waals surface area contributed by atoms with Crippen LogP contribution in [0.25, 0.3) is 0 Å². The first kappa shape index (κ1) is 11.0. The number of aryl methyl sites for hydroxylation is 1. The molecule has 1 aromatic carbocycles. The molecule has 1 heteroatoms. The Morgan fingerprint density at radius 1 is 1.36 bits per heavy atom. The summed E-state index contributed by atoms with van der Waals surface area (Å²) in [5.41, 5.74) is 3.34. The third kappa shape index (κ3) is 2.69. The van der Waals surface area contributed by atoms with Gasteiger partial charge in [0.05, 0.1) is 0 Å². The lowest BCUT2D eigenvalue weighted by atomic mass is 9.96. The first-order chi connectivity index (χ1) is 6.67. The van der Waals surface area contributed by atoms with Crippen LogP contribution in [0.3, 0.4) is 0 Å². The van der Waals surface area contributed by atoms with E-state index in [1.165, 1.54) is 11.1 Å². The Balaban J connectivity index is 3.01. The number of benzene rings is 1. The highest BCUT2D eigenvalue weighted by molar-refractivity contribution is 5.77. The first-order valence-corrected chi connectivity index (χ1v) is 5.24. The Hall–Kier alpha value is -1.11. The van der Waals surface area contributed by atoms with E-state index in [0.29, 0.717) is 5.92 Å². The van der Waals surface area contributed by atoms with Crippen molar-refractivity contribution in [3.8, 4) is 0 Å². The fourth-order valence-electron chi connectivity index (χ4n) is 1.61. The quantitative estimate of drug-likeness (QED) is 0.666. The molecule has 0 aliphatic carbocycles. The monoisotopic (exact) mass is 190 g/mol. The minimum atomic E-state index is 0.598. The number of hydrogen-bond acceptors (Lipinski definition) is 1. The van der Waals surface area contributed by atoms with Gasteiger partial charge in [-0.15, -0.1) is 0 Å². The van der Waals surface area contributed by atoms with Crippen molar-refractivity contribution in [2.45, 2.75) is 33.6 Å². The van der Waals surface area contributed by atoms with Crippen LogP contribution in [0, 0.1) is 5.92 Å². The van der Waals surface area contributed by atoms with Crippen molar-refractivity contribution in [2.24, 2.45) is 5.92 Å². The summed E-state index contributed by atoms with van der Waals surface area (Å²) in [6.45, 7) is 6.48. The van der Waals surface area contributed by atoms with Gasteiger partial charge in [0.2, 0.25) is 0 Å². The topological polar surface area (TPSA) is 17.1 Å². The van der Waals surface area contributed by atoms with E-state index < -0.39 is 0 Å². The van der Waals surface area contributed by atoms with E-state index in [9.17, 15) is 4.79 Å².